The van der Waals surface area contributed by atoms with Crippen molar-refractivity contribution in [2.24, 2.45) is 0 Å². The number of ether oxygens (including phenoxy) is 1. The highest BCUT2D eigenvalue weighted by Gasteiger charge is 2.29. The van der Waals surface area contributed by atoms with Crippen molar-refractivity contribution in [2.75, 3.05) is 10.6 Å². The Morgan fingerprint density at radius 3 is 2.90 bits per heavy atom. The van der Waals surface area contributed by atoms with Crippen molar-refractivity contribution in [1.82, 2.24) is 9.78 Å². The fourth-order valence-corrected chi connectivity index (χ4v) is 3.26. The van der Waals surface area contributed by atoms with Gasteiger partial charge in [-0.3, -0.25) is 14.3 Å². The zero-order valence-electron chi connectivity index (χ0n) is 16.3. The third-order valence-electron chi connectivity index (χ3n) is 4.84. The molecule has 0 radical (unpaired) electrons. The van der Waals surface area contributed by atoms with Crippen molar-refractivity contribution in [3.63, 3.8) is 0 Å². The zero-order chi connectivity index (χ0) is 20.4. The second kappa shape index (κ2) is 7.79. The number of nitrogens with zero attached hydrogens (tertiary/aromatic N) is 2. The lowest BCUT2D eigenvalue weighted by Crippen LogP contribution is -2.39. The minimum absolute atomic E-state index is 0.0812. The van der Waals surface area contributed by atoms with Gasteiger partial charge in [0, 0.05) is 6.20 Å². The van der Waals surface area contributed by atoms with Crippen LogP contribution in [0.1, 0.15) is 23.1 Å². The topological polar surface area (TPSA) is 85.3 Å². The normalized spacial score (nSPS) is 15.2. The molecule has 0 fully saturated rings. The maximum Gasteiger partial charge on any atom is 0.266 e. The van der Waals surface area contributed by atoms with E-state index in [1.165, 1.54) is 5.56 Å². The third-order valence-corrected chi connectivity index (χ3v) is 4.84. The first-order valence-electron chi connectivity index (χ1n) is 9.43. The number of aryl methyl sites for hydroxylation is 2. The van der Waals surface area contributed by atoms with Crippen LogP contribution < -0.4 is 15.4 Å². The van der Waals surface area contributed by atoms with E-state index in [2.05, 4.69) is 28.7 Å². The Labute approximate surface area is 168 Å². The van der Waals surface area contributed by atoms with Crippen LogP contribution in [-0.2, 0) is 16.1 Å². The van der Waals surface area contributed by atoms with Crippen molar-refractivity contribution >= 4 is 23.2 Å². The molecule has 7 nitrogen and oxygen atoms in total. The molecular formula is C22H22N4O3. The number of benzene rings is 2. The number of rotatable bonds is 5. The summed E-state index contributed by atoms with van der Waals surface area (Å²) < 4.78 is 7.48. The van der Waals surface area contributed by atoms with Gasteiger partial charge in [-0.1, -0.05) is 30.3 Å². The van der Waals surface area contributed by atoms with Crippen LogP contribution in [0.15, 0.2) is 54.9 Å². The number of hydrogen-bond donors (Lipinski definition) is 2. The minimum Gasteiger partial charge on any atom is -0.478 e. The lowest BCUT2D eigenvalue weighted by molar-refractivity contribution is -0.128. The van der Waals surface area contributed by atoms with Gasteiger partial charge in [-0.15, -0.1) is 0 Å². The fraction of sp³-hybridized carbons (Fsp3) is 0.227. The number of fused-ring (bicyclic) bond motifs is 1. The quantitative estimate of drug-likeness (QED) is 0.700. The summed E-state index contributed by atoms with van der Waals surface area (Å²) >= 11 is 0. The second-order valence-corrected chi connectivity index (χ2v) is 7.20. The van der Waals surface area contributed by atoms with Gasteiger partial charge in [-0.25, -0.2) is 0 Å². The number of amides is 2. The van der Waals surface area contributed by atoms with E-state index in [4.69, 9.17) is 4.74 Å². The van der Waals surface area contributed by atoms with Gasteiger partial charge in [0.15, 0.2) is 6.10 Å². The Balaban J connectivity index is 1.37. The number of carbonyl (C=O) groups excluding carboxylic acids is 2. The molecule has 0 spiro atoms. The van der Waals surface area contributed by atoms with E-state index >= 15 is 0 Å². The molecule has 2 heterocycles. The molecule has 1 atom stereocenters. The summed E-state index contributed by atoms with van der Waals surface area (Å²) in [5.74, 6) is -0.0660. The molecule has 1 aromatic heterocycles. The zero-order valence-corrected chi connectivity index (χ0v) is 16.3. The summed E-state index contributed by atoms with van der Waals surface area (Å²) in [6.45, 7) is 4.61. The first-order valence-corrected chi connectivity index (χ1v) is 9.43. The van der Waals surface area contributed by atoms with Gasteiger partial charge in [-0.05, 0) is 42.7 Å². The Kier molecular flexibility index (Phi) is 5.03. The number of carbonyl (C=O) groups is 2. The van der Waals surface area contributed by atoms with E-state index < -0.39 is 6.10 Å². The van der Waals surface area contributed by atoms with Crippen LogP contribution in [0, 0.1) is 13.8 Å². The molecule has 1 aliphatic rings. The Morgan fingerprint density at radius 1 is 1.24 bits per heavy atom. The number of hydrogen-bond acceptors (Lipinski definition) is 4. The van der Waals surface area contributed by atoms with Gasteiger partial charge in [0.05, 0.1) is 30.5 Å². The summed E-state index contributed by atoms with van der Waals surface area (Å²) in [5.41, 5.74) is 4.57. The van der Waals surface area contributed by atoms with Gasteiger partial charge in [0.2, 0.25) is 5.91 Å². The highest BCUT2D eigenvalue weighted by Crippen LogP contribution is 2.31. The smallest absolute Gasteiger partial charge is 0.266 e. The van der Waals surface area contributed by atoms with Crippen LogP contribution in [0.5, 0.6) is 5.75 Å². The molecule has 2 N–H and O–H groups in total. The lowest BCUT2D eigenvalue weighted by atomic mass is 10.1. The fourth-order valence-electron chi connectivity index (χ4n) is 3.26. The largest absolute Gasteiger partial charge is 0.478 e. The van der Waals surface area contributed by atoms with Gasteiger partial charge in [0.25, 0.3) is 5.91 Å². The molecule has 0 saturated heterocycles. The molecular weight excluding hydrogens is 368 g/mol. The molecule has 0 saturated carbocycles. The molecule has 148 valence electrons. The van der Waals surface area contributed by atoms with E-state index in [0.29, 0.717) is 23.7 Å². The van der Waals surface area contributed by atoms with Gasteiger partial charge < -0.3 is 15.4 Å². The van der Waals surface area contributed by atoms with Gasteiger partial charge in [-0.2, -0.15) is 5.10 Å². The highest BCUT2D eigenvalue weighted by atomic mass is 16.5. The second-order valence-electron chi connectivity index (χ2n) is 7.20. The summed E-state index contributed by atoms with van der Waals surface area (Å²) in [4.78, 5) is 24.7. The number of nitrogens with one attached hydrogen (secondary N) is 2. The van der Waals surface area contributed by atoms with Crippen molar-refractivity contribution < 1.29 is 14.3 Å². The first kappa shape index (κ1) is 18.7. The van der Waals surface area contributed by atoms with Crippen LogP contribution in [0.25, 0.3) is 0 Å². The van der Waals surface area contributed by atoms with Crippen LogP contribution in [0.2, 0.25) is 0 Å². The maximum absolute atomic E-state index is 12.4. The summed E-state index contributed by atoms with van der Waals surface area (Å²) in [5, 5.41) is 9.87. The van der Waals surface area contributed by atoms with Crippen molar-refractivity contribution in [1.29, 1.82) is 0 Å². The highest BCUT2D eigenvalue weighted by molar-refractivity contribution is 6.02. The van der Waals surface area contributed by atoms with Crippen LogP contribution >= 0.6 is 0 Å². The molecule has 2 aromatic carbocycles. The molecule has 4 rings (SSSR count). The molecule has 1 aliphatic heterocycles. The van der Waals surface area contributed by atoms with E-state index in [-0.39, 0.29) is 18.2 Å². The summed E-state index contributed by atoms with van der Waals surface area (Å²) in [7, 11) is 0. The van der Waals surface area contributed by atoms with E-state index in [1.807, 2.05) is 37.3 Å². The maximum atomic E-state index is 12.4. The molecule has 7 heteroatoms. The predicted octanol–water partition coefficient (Wildman–Crippen LogP) is 3.28. The number of aromatic nitrogens is 2. The van der Waals surface area contributed by atoms with E-state index in [0.717, 1.165) is 11.1 Å². The Morgan fingerprint density at radius 2 is 2.07 bits per heavy atom. The minimum atomic E-state index is -0.868. The SMILES string of the molecule is Cc1ccc2c(c1)NC(=O)C(CC(=O)Nc1cnn(Cc3ccccc3C)c1)O2. The predicted molar refractivity (Wildman–Crippen MR) is 110 cm³/mol. The molecule has 0 bridgehead atoms. The number of anilines is 2. The molecule has 3 aromatic rings. The van der Waals surface area contributed by atoms with Crippen LogP contribution in [0.3, 0.4) is 0 Å². The Bertz CT molecular complexity index is 1070. The van der Waals surface area contributed by atoms with Gasteiger partial charge >= 0.3 is 0 Å². The molecule has 2 amide bonds. The van der Waals surface area contributed by atoms with Crippen molar-refractivity contribution in [3.8, 4) is 5.75 Å². The third kappa shape index (κ3) is 4.29. The first-order chi connectivity index (χ1) is 14.0. The summed E-state index contributed by atoms with van der Waals surface area (Å²) in [6.07, 6.45) is 2.41. The van der Waals surface area contributed by atoms with Gasteiger partial charge in [0.1, 0.15) is 5.75 Å². The average Bonchev–Trinajstić information content (AvgIpc) is 3.11. The van der Waals surface area contributed by atoms with Crippen LogP contribution in [0.4, 0.5) is 11.4 Å². The molecule has 1 unspecified atom stereocenters. The van der Waals surface area contributed by atoms with Crippen molar-refractivity contribution in [3.05, 3.63) is 71.5 Å². The monoisotopic (exact) mass is 390 g/mol. The van der Waals surface area contributed by atoms with Crippen molar-refractivity contribution in [2.45, 2.75) is 32.9 Å². The average molecular weight is 390 g/mol. The molecule has 29 heavy (non-hydrogen) atoms. The van der Waals surface area contributed by atoms with E-state index in [9.17, 15) is 9.59 Å². The molecule has 0 aliphatic carbocycles. The standard InChI is InChI=1S/C22H22N4O3/c1-14-7-8-19-18(9-14)25-22(28)20(29-19)10-21(27)24-17-11-23-26(13-17)12-16-6-4-3-5-15(16)2/h3-9,11,13,20H,10,12H2,1-2H3,(H,24,27)(H,25,28). The summed E-state index contributed by atoms with van der Waals surface area (Å²) in [6, 6.07) is 13.6. The Hall–Kier alpha value is -3.61. The van der Waals surface area contributed by atoms with E-state index in [1.54, 1.807) is 23.1 Å². The lowest BCUT2D eigenvalue weighted by Gasteiger charge is -2.25. The van der Waals surface area contributed by atoms with Crippen LogP contribution in [-0.4, -0.2) is 27.7 Å².